The summed E-state index contributed by atoms with van der Waals surface area (Å²) in [7, 11) is 0. The van der Waals surface area contributed by atoms with Crippen LogP contribution in [0.15, 0.2) is 47.7 Å². The van der Waals surface area contributed by atoms with Crippen LogP contribution in [0.2, 0.25) is 0 Å². The van der Waals surface area contributed by atoms with Crippen LogP contribution in [0, 0.1) is 0 Å². The number of nitrogens with one attached hydrogen (secondary N) is 2. The van der Waals surface area contributed by atoms with Crippen molar-refractivity contribution in [2.75, 3.05) is 32.7 Å². The summed E-state index contributed by atoms with van der Waals surface area (Å²) in [4.78, 5) is 18.5. The molecule has 1 aliphatic rings. The van der Waals surface area contributed by atoms with Crippen LogP contribution in [0.4, 0.5) is 0 Å². The van der Waals surface area contributed by atoms with Crippen molar-refractivity contribution in [3.8, 4) is 5.69 Å². The van der Waals surface area contributed by atoms with E-state index in [1.54, 1.807) is 0 Å². The Hall–Kier alpha value is -2.83. The largest absolute Gasteiger partial charge is 0.357 e. The molecule has 1 aromatic carbocycles. The Morgan fingerprint density at radius 2 is 1.96 bits per heavy atom. The lowest BCUT2D eigenvalue weighted by Crippen LogP contribution is -2.39. The average molecular weight is 368 g/mol. The summed E-state index contributed by atoms with van der Waals surface area (Å²) in [5.41, 5.74) is 2.20. The molecule has 1 saturated heterocycles. The summed E-state index contributed by atoms with van der Waals surface area (Å²) in [6.45, 7) is 5.43. The second kappa shape index (κ2) is 9.75. The van der Waals surface area contributed by atoms with Crippen molar-refractivity contribution in [2.45, 2.75) is 26.2 Å². The number of aliphatic imine (C=N–C) groups is 1. The lowest BCUT2D eigenvalue weighted by molar-refractivity contribution is -0.128. The van der Waals surface area contributed by atoms with E-state index in [-0.39, 0.29) is 12.5 Å². The number of hydrogen-bond donors (Lipinski definition) is 2. The van der Waals surface area contributed by atoms with Gasteiger partial charge in [-0.25, -0.2) is 9.67 Å². The maximum Gasteiger partial charge on any atom is 0.244 e. The van der Waals surface area contributed by atoms with Crippen molar-refractivity contribution in [2.24, 2.45) is 4.99 Å². The van der Waals surface area contributed by atoms with Crippen molar-refractivity contribution < 1.29 is 4.79 Å². The zero-order valence-electron chi connectivity index (χ0n) is 15.9. The number of guanidine groups is 1. The van der Waals surface area contributed by atoms with Gasteiger partial charge in [0, 0.05) is 32.4 Å². The normalized spacial score (nSPS) is 14.4. The number of amides is 1. The Morgan fingerprint density at radius 3 is 2.70 bits per heavy atom. The first-order valence-corrected chi connectivity index (χ1v) is 9.65. The van der Waals surface area contributed by atoms with E-state index in [2.05, 4.69) is 20.7 Å². The first kappa shape index (κ1) is 18.9. The van der Waals surface area contributed by atoms with E-state index in [0.717, 1.165) is 56.7 Å². The third-order valence-electron chi connectivity index (χ3n) is 4.54. The van der Waals surface area contributed by atoms with Crippen LogP contribution >= 0.6 is 0 Å². The minimum absolute atomic E-state index is 0.105. The van der Waals surface area contributed by atoms with Gasteiger partial charge in [0.05, 0.1) is 11.9 Å². The van der Waals surface area contributed by atoms with Crippen LogP contribution in [0.3, 0.4) is 0 Å². The van der Waals surface area contributed by atoms with E-state index in [9.17, 15) is 4.79 Å². The third kappa shape index (κ3) is 5.57. The molecule has 2 aromatic rings. The highest BCUT2D eigenvalue weighted by molar-refractivity contribution is 5.85. The lowest BCUT2D eigenvalue weighted by Gasteiger charge is -2.15. The first-order chi connectivity index (χ1) is 13.3. The van der Waals surface area contributed by atoms with Crippen molar-refractivity contribution in [1.29, 1.82) is 0 Å². The predicted molar refractivity (Wildman–Crippen MR) is 107 cm³/mol. The molecule has 0 atom stereocenters. The van der Waals surface area contributed by atoms with E-state index in [1.165, 1.54) is 0 Å². The van der Waals surface area contributed by atoms with Crippen molar-refractivity contribution in [3.63, 3.8) is 0 Å². The van der Waals surface area contributed by atoms with Crippen LogP contribution < -0.4 is 10.6 Å². The van der Waals surface area contributed by atoms with Gasteiger partial charge in [0.25, 0.3) is 0 Å². The van der Waals surface area contributed by atoms with Gasteiger partial charge < -0.3 is 15.5 Å². The molecule has 1 aliphatic heterocycles. The van der Waals surface area contributed by atoms with Crippen LogP contribution in [0.5, 0.6) is 0 Å². The predicted octanol–water partition coefficient (Wildman–Crippen LogP) is 1.59. The topological polar surface area (TPSA) is 74.6 Å². The Labute approximate surface area is 160 Å². The fourth-order valence-electron chi connectivity index (χ4n) is 3.09. The van der Waals surface area contributed by atoms with Crippen LogP contribution in [0.25, 0.3) is 5.69 Å². The minimum atomic E-state index is 0.105. The number of rotatable bonds is 7. The zero-order valence-corrected chi connectivity index (χ0v) is 15.9. The second-order valence-electron chi connectivity index (χ2n) is 6.59. The lowest BCUT2D eigenvalue weighted by atomic mass is 10.2. The minimum Gasteiger partial charge on any atom is -0.357 e. The fraction of sp³-hybridized carbons (Fsp3) is 0.450. The van der Waals surface area contributed by atoms with Gasteiger partial charge in [-0.2, -0.15) is 5.10 Å². The molecule has 1 aromatic heterocycles. The molecule has 2 heterocycles. The maximum atomic E-state index is 12.1. The molecule has 0 aliphatic carbocycles. The van der Waals surface area contributed by atoms with E-state index in [1.807, 2.05) is 59.2 Å². The molecule has 0 radical (unpaired) electrons. The van der Waals surface area contributed by atoms with Crippen LogP contribution in [0.1, 0.15) is 25.3 Å². The molecular formula is C20H28N6O. The number of benzene rings is 1. The highest BCUT2D eigenvalue weighted by Gasteiger charge is 2.17. The molecule has 7 nitrogen and oxygen atoms in total. The summed E-state index contributed by atoms with van der Waals surface area (Å²) in [6.07, 6.45) is 6.96. The van der Waals surface area contributed by atoms with Gasteiger partial charge in [0.2, 0.25) is 5.91 Å². The van der Waals surface area contributed by atoms with Gasteiger partial charge in [-0.05, 0) is 43.9 Å². The second-order valence-corrected chi connectivity index (χ2v) is 6.59. The smallest absolute Gasteiger partial charge is 0.244 e. The summed E-state index contributed by atoms with van der Waals surface area (Å²) in [5.74, 6) is 0.786. The van der Waals surface area contributed by atoms with Gasteiger partial charge in [-0.1, -0.05) is 18.2 Å². The molecule has 27 heavy (non-hydrogen) atoms. The number of nitrogens with zero attached hydrogens (tertiary/aromatic N) is 4. The molecule has 3 rings (SSSR count). The van der Waals surface area contributed by atoms with Crippen LogP contribution in [-0.2, 0) is 11.2 Å². The quantitative estimate of drug-likeness (QED) is 0.575. The van der Waals surface area contributed by atoms with Crippen molar-refractivity contribution >= 4 is 11.9 Å². The third-order valence-corrected chi connectivity index (χ3v) is 4.54. The molecule has 0 unspecified atom stereocenters. The highest BCUT2D eigenvalue weighted by Crippen LogP contribution is 2.08. The first-order valence-electron chi connectivity index (χ1n) is 9.65. The number of para-hydroxylation sites is 1. The van der Waals surface area contributed by atoms with E-state index in [0.29, 0.717) is 5.96 Å². The van der Waals surface area contributed by atoms with E-state index in [4.69, 9.17) is 0 Å². The highest BCUT2D eigenvalue weighted by atomic mass is 16.2. The zero-order chi connectivity index (χ0) is 18.9. The molecule has 144 valence electrons. The molecule has 0 saturated carbocycles. The number of hydrogen-bond acceptors (Lipinski definition) is 3. The van der Waals surface area contributed by atoms with Gasteiger partial charge in [0.1, 0.15) is 6.54 Å². The van der Waals surface area contributed by atoms with Gasteiger partial charge in [-0.3, -0.25) is 4.79 Å². The SMILES string of the molecule is CCNC(=NCC(=O)N1CCCC1)NCCc1cnn(-c2ccccc2)c1. The van der Waals surface area contributed by atoms with E-state index < -0.39 is 0 Å². The number of carbonyl (C=O) groups is 1. The Kier molecular flexibility index (Phi) is 6.84. The van der Waals surface area contributed by atoms with Gasteiger partial charge in [0.15, 0.2) is 5.96 Å². The number of aromatic nitrogens is 2. The Bertz CT molecular complexity index is 749. The molecule has 2 N–H and O–H groups in total. The Balaban J connectivity index is 1.48. The average Bonchev–Trinajstić information content (AvgIpc) is 3.39. The molecule has 0 bridgehead atoms. The summed E-state index contributed by atoms with van der Waals surface area (Å²) in [6, 6.07) is 10.1. The van der Waals surface area contributed by atoms with Crippen molar-refractivity contribution in [3.05, 3.63) is 48.3 Å². The number of carbonyl (C=O) groups excluding carboxylic acids is 1. The molecule has 7 heteroatoms. The van der Waals surface area contributed by atoms with Gasteiger partial charge >= 0.3 is 0 Å². The summed E-state index contributed by atoms with van der Waals surface area (Å²) in [5, 5.41) is 10.9. The maximum absolute atomic E-state index is 12.1. The molecular weight excluding hydrogens is 340 g/mol. The summed E-state index contributed by atoms with van der Waals surface area (Å²) < 4.78 is 1.88. The standard InChI is InChI=1S/C20H28N6O/c1-2-21-20(23-15-19(27)25-12-6-7-13-25)22-11-10-17-14-24-26(16-17)18-8-4-3-5-9-18/h3-5,8-9,14,16H,2,6-7,10-13,15H2,1H3,(H2,21,22,23). The fourth-order valence-corrected chi connectivity index (χ4v) is 3.09. The van der Waals surface area contributed by atoms with E-state index >= 15 is 0 Å². The van der Waals surface area contributed by atoms with Crippen LogP contribution in [-0.4, -0.2) is 59.3 Å². The summed E-state index contributed by atoms with van der Waals surface area (Å²) >= 11 is 0. The van der Waals surface area contributed by atoms with Crippen molar-refractivity contribution in [1.82, 2.24) is 25.3 Å². The van der Waals surface area contributed by atoms with Gasteiger partial charge in [-0.15, -0.1) is 0 Å². The molecule has 0 spiro atoms. The molecule has 1 fully saturated rings. The number of likely N-dealkylation sites (tertiary alicyclic amines) is 1. The molecule has 1 amide bonds. The monoisotopic (exact) mass is 368 g/mol. The Morgan fingerprint density at radius 1 is 1.19 bits per heavy atom.